The van der Waals surface area contributed by atoms with Crippen LogP contribution >= 0.6 is 0 Å². The van der Waals surface area contributed by atoms with Crippen LogP contribution in [0.15, 0.2) is 48.9 Å². The van der Waals surface area contributed by atoms with Crippen molar-refractivity contribution in [3.63, 3.8) is 0 Å². The Bertz CT molecular complexity index is 1410. The van der Waals surface area contributed by atoms with Crippen LogP contribution in [-0.2, 0) is 11.8 Å². The first kappa shape index (κ1) is 21.0. The zero-order chi connectivity index (χ0) is 23.7. The first-order chi connectivity index (χ1) is 16.4. The van der Waals surface area contributed by atoms with Gasteiger partial charge >= 0.3 is 0 Å². The van der Waals surface area contributed by atoms with Crippen LogP contribution in [0.5, 0.6) is 0 Å². The Kier molecular flexibility index (Phi) is 4.46. The minimum Gasteiger partial charge on any atom is -0.259 e. The highest BCUT2D eigenvalue weighted by Gasteiger charge is 2.65. The first-order valence-corrected chi connectivity index (χ1v) is 11.6. The molecular formula is C26H24F2N6. The number of nitrogens with zero attached hydrogens (tertiary/aromatic N) is 6. The van der Waals surface area contributed by atoms with Gasteiger partial charge in [0, 0.05) is 12.4 Å². The average Bonchev–Trinajstić information content (AvgIpc) is 3.47. The molecule has 0 saturated heterocycles. The van der Waals surface area contributed by atoms with Crippen LogP contribution in [0.25, 0.3) is 17.1 Å². The van der Waals surface area contributed by atoms with Gasteiger partial charge in [-0.25, -0.2) is 18.4 Å². The number of rotatable bonds is 4. The minimum absolute atomic E-state index is 0.139. The number of benzene rings is 1. The maximum absolute atomic E-state index is 14.5. The number of halogens is 2. The van der Waals surface area contributed by atoms with E-state index in [0.29, 0.717) is 5.82 Å². The van der Waals surface area contributed by atoms with Crippen molar-refractivity contribution < 1.29 is 8.78 Å². The molecule has 0 spiro atoms. The van der Waals surface area contributed by atoms with E-state index in [9.17, 15) is 8.78 Å². The van der Waals surface area contributed by atoms with Gasteiger partial charge in [-0.15, -0.1) is 5.10 Å². The number of hydrogen-bond donors (Lipinski definition) is 0. The van der Waals surface area contributed by atoms with Crippen molar-refractivity contribution in [2.45, 2.75) is 51.4 Å². The van der Waals surface area contributed by atoms with Crippen LogP contribution in [-0.4, -0.2) is 29.9 Å². The molecule has 6 nitrogen and oxygen atoms in total. The van der Waals surface area contributed by atoms with Crippen molar-refractivity contribution in [2.75, 3.05) is 0 Å². The lowest BCUT2D eigenvalue weighted by Gasteiger charge is -2.37. The summed E-state index contributed by atoms with van der Waals surface area (Å²) >= 11 is 0. The molecule has 1 aromatic carbocycles. The Balaban J connectivity index is 1.51. The summed E-state index contributed by atoms with van der Waals surface area (Å²) in [4.78, 5) is 9.50. The Morgan fingerprint density at radius 1 is 1.09 bits per heavy atom. The summed E-state index contributed by atoms with van der Waals surface area (Å²) < 4.78 is 30.7. The normalized spacial score (nSPS) is 22.2. The van der Waals surface area contributed by atoms with Gasteiger partial charge in [0.1, 0.15) is 11.6 Å². The highest BCUT2D eigenvalue weighted by Crippen LogP contribution is 2.69. The number of fused-ring (bicyclic) bond motifs is 5. The second kappa shape index (κ2) is 7.22. The van der Waals surface area contributed by atoms with Gasteiger partial charge in [0.2, 0.25) is 0 Å². The number of aromatic nitrogens is 6. The summed E-state index contributed by atoms with van der Waals surface area (Å²) in [5, 5.41) is 13.5. The van der Waals surface area contributed by atoms with Gasteiger partial charge in [-0.1, -0.05) is 26.8 Å². The minimum atomic E-state index is -0.643. The monoisotopic (exact) mass is 458 g/mol. The van der Waals surface area contributed by atoms with Crippen molar-refractivity contribution in [3.05, 3.63) is 83.2 Å². The summed E-state index contributed by atoms with van der Waals surface area (Å²) in [5.74, 6) is -0.461. The van der Waals surface area contributed by atoms with Gasteiger partial charge in [-0.3, -0.25) is 4.98 Å². The molecule has 34 heavy (non-hydrogen) atoms. The van der Waals surface area contributed by atoms with Crippen molar-refractivity contribution in [3.8, 4) is 17.1 Å². The third kappa shape index (κ3) is 2.68. The summed E-state index contributed by atoms with van der Waals surface area (Å²) in [7, 11) is 0. The molecule has 2 aliphatic rings. The predicted octanol–water partition coefficient (Wildman–Crippen LogP) is 5.16. The summed E-state index contributed by atoms with van der Waals surface area (Å²) in [6.07, 6.45) is 8.03. The topological polar surface area (TPSA) is 69.4 Å². The molecule has 0 aliphatic heterocycles. The van der Waals surface area contributed by atoms with Crippen molar-refractivity contribution in [1.29, 1.82) is 0 Å². The molecule has 1 fully saturated rings. The van der Waals surface area contributed by atoms with Crippen LogP contribution in [0.4, 0.5) is 8.78 Å². The molecule has 172 valence electrons. The second-order valence-electron chi connectivity index (χ2n) is 9.72. The highest BCUT2D eigenvalue weighted by molar-refractivity contribution is 5.64. The molecule has 2 bridgehead atoms. The van der Waals surface area contributed by atoms with Crippen LogP contribution in [0.2, 0.25) is 0 Å². The van der Waals surface area contributed by atoms with E-state index in [4.69, 9.17) is 4.98 Å². The maximum atomic E-state index is 14.5. The molecule has 6 rings (SSSR count). The van der Waals surface area contributed by atoms with Gasteiger partial charge in [-0.05, 0) is 60.4 Å². The molecule has 2 aliphatic carbocycles. The van der Waals surface area contributed by atoms with E-state index in [1.165, 1.54) is 18.2 Å². The lowest BCUT2D eigenvalue weighted by atomic mass is 9.66. The molecule has 4 aromatic rings. The third-order valence-corrected chi connectivity index (χ3v) is 7.90. The fraction of sp³-hybridized carbons (Fsp3) is 0.346. The predicted molar refractivity (Wildman–Crippen MR) is 122 cm³/mol. The van der Waals surface area contributed by atoms with Gasteiger partial charge in [0.15, 0.2) is 5.82 Å². The van der Waals surface area contributed by atoms with Gasteiger partial charge in [0.05, 0.1) is 40.0 Å². The molecule has 2 atom stereocenters. The second-order valence-corrected chi connectivity index (χ2v) is 9.72. The van der Waals surface area contributed by atoms with E-state index < -0.39 is 17.0 Å². The van der Waals surface area contributed by atoms with E-state index in [0.717, 1.165) is 41.9 Å². The van der Waals surface area contributed by atoms with E-state index >= 15 is 0 Å². The summed E-state index contributed by atoms with van der Waals surface area (Å²) in [6, 6.07) is 7.62. The molecule has 3 heterocycles. The smallest absolute Gasteiger partial charge is 0.172 e. The van der Waals surface area contributed by atoms with Gasteiger partial charge < -0.3 is 0 Å². The third-order valence-electron chi connectivity index (χ3n) is 7.90. The van der Waals surface area contributed by atoms with Crippen molar-refractivity contribution in [1.82, 2.24) is 29.9 Å². The Morgan fingerprint density at radius 2 is 1.88 bits per heavy atom. The van der Waals surface area contributed by atoms with Crippen LogP contribution in [0.3, 0.4) is 0 Å². The lowest BCUT2D eigenvalue weighted by Crippen LogP contribution is -2.38. The van der Waals surface area contributed by atoms with Crippen LogP contribution in [0, 0.1) is 17.0 Å². The van der Waals surface area contributed by atoms with Gasteiger partial charge in [0.25, 0.3) is 0 Å². The molecule has 1 saturated carbocycles. The van der Waals surface area contributed by atoms with Crippen LogP contribution < -0.4 is 0 Å². The summed E-state index contributed by atoms with van der Waals surface area (Å²) in [5.41, 5.74) is 2.99. The van der Waals surface area contributed by atoms with Crippen molar-refractivity contribution in [2.24, 2.45) is 5.41 Å². The zero-order valence-electron chi connectivity index (χ0n) is 19.3. The Morgan fingerprint density at radius 3 is 2.62 bits per heavy atom. The quantitative estimate of drug-likeness (QED) is 0.422. The molecule has 0 amide bonds. The van der Waals surface area contributed by atoms with Crippen molar-refractivity contribution >= 4 is 0 Å². The largest absolute Gasteiger partial charge is 0.259 e. The number of hydrogen-bond acceptors (Lipinski definition) is 5. The molecular weight excluding hydrogens is 434 g/mol. The van der Waals surface area contributed by atoms with Crippen LogP contribution in [0.1, 0.15) is 62.2 Å². The average molecular weight is 459 g/mol. The fourth-order valence-corrected chi connectivity index (χ4v) is 6.11. The number of aryl methyl sites for hydroxylation is 1. The van der Waals surface area contributed by atoms with E-state index in [2.05, 4.69) is 41.1 Å². The Hall–Kier alpha value is -3.55. The molecule has 0 radical (unpaired) electrons. The lowest BCUT2D eigenvalue weighted by molar-refractivity contribution is 0.242. The molecule has 0 N–H and O–H groups in total. The fourth-order valence-electron chi connectivity index (χ4n) is 6.11. The molecule has 3 aromatic heterocycles. The maximum Gasteiger partial charge on any atom is 0.172 e. The highest BCUT2D eigenvalue weighted by atomic mass is 19.1. The van der Waals surface area contributed by atoms with E-state index in [-0.39, 0.29) is 22.6 Å². The summed E-state index contributed by atoms with van der Waals surface area (Å²) in [6.45, 7) is 6.49. The van der Waals surface area contributed by atoms with E-state index in [1.807, 2.05) is 18.3 Å². The van der Waals surface area contributed by atoms with E-state index in [1.54, 1.807) is 17.1 Å². The first-order valence-electron chi connectivity index (χ1n) is 11.6. The SMILES string of the molecule is CCc1ccn(-c2cncc([C@]34CC[C@H](c5cc(-c6c(F)cccc6F)nnc53)C4(C)C)n2)n1. The Labute approximate surface area is 196 Å². The zero-order valence-corrected chi connectivity index (χ0v) is 19.3. The standard InChI is InChI=1S/C26H24F2N6/c1-4-15-9-11-34(33-15)22-14-29-13-21(30-22)26-10-8-17(25(26,2)3)16-12-20(31-32-24(16)26)23-18(27)6-5-7-19(23)28/h5-7,9,11-14,17H,4,8,10H2,1-3H3/t17-,26-/m1/s1. The molecule has 8 heteroatoms. The molecule has 0 unspecified atom stereocenters. The van der Waals surface area contributed by atoms with Gasteiger partial charge in [-0.2, -0.15) is 10.2 Å².